The molecule has 1 radical (unpaired) electrons. The summed E-state index contributed by atoms with van der Waals surface area (Å²) in [5.74, 6) is 0.637. The number of aromatic nitrogens is 4. The molecule has 0 aliphatic carbocycles. The van der Waals surface area contributed by atoms with E-state index in [9.17, 15) is 0 Å². The molecule has 0 fully saturated rings. The third-order valence-electron chi connectivity index (χ3n) is 2.83. The zero-order valence-corrected chi connectivity index (χ0v) is 9.22. The molecule has 3 aromatic rings. The van der Waals surface area contributed by atoms with E-state index >= 15 is 0 Å². The molecule has 3 aromatic heterocycles. The monoisotopic (exact) mass is 235 g/mol. The minimum Gasteiger partial charge on any atom is -0.295 e. The van der Waals surface area contributed by atoms with Crippen LogP contribution in [-0.4, -0.2) is 25.9 Å². The second-order valence-electron chi connectivity index (χ2n) is 3.84. The van der Waals surface area contributed by atoms with Crippen molar-refractivity contribution in [3.8, 4) is 5.69 Å². The zero-order valence-electron chi connectivity index (χ0n) is 9.22. The SMILES string of the molecule is C1=Nc2c(-n3cnc4ncccc43)ccnc2[N]1. The van der Waals surface area contributed by atoms with Gasteiger partial charge in [-0.2, -0.15) is 0 Å². The van der Waals surface area contributed by atoms with Crippen molar-refractivity contribution in [2.75, 3.05) is 0 Å². The second kappa shape index (κ2) is 3.36. The molecule has 4 heterocycles. The van der Waals surface area contributed by atoms with Crippen LogP contribution in [0.15, 0.2) is 41.9 Å². The number of nitrogens with zero attached hydrogens (tertiary/aromatic N) is 6. The van der Waals surface area contributed by atoms with Crippen LogP contribution in [0.5, 0.6) is 0 Å². The maximum absolute atomic E-state index is 4.27. The maximum Gasteiger partial charge on any atom is 0.181 e. The van der Waals surface area contributed by atoms with E-state index in [1.54, 1.807) is 18.7 Å². The lowest BCUT2D eigenvalue weighted by Crippen LogP contribution is -1.95. The van der Waals surface area contributed by atoms with Crippen molar-refractivity contribution >= 4 is 29.0 Å². The molecule has 1 aliphatic heterocycles. The summed E-state index contributed by atoms with van der Waals surface area (Å²) in [6, 6.07) is 5.75. The summed E-state index contributed by atoms with van der Waals surface area (Å²) in [6.07, 6.45) is 6.69. The Morgan fingerprint density at radius 1 is 1.00 bits per heavy atom. The zero-order chi connectivity index (χ0) is 11.9. The molecule has 0 saturated heterocycles. The molecular weight excluding hydrogens is 228 g/mol. The molecule has 0 N–H and O–H groups in total. The van der Waals surface area contributed by atoms with E-state index < -0.39 is 0 Å². The van der Waals surface area contributed by atoms with E-state index in [-0.39, 0.29) is 0 Å². The van der Waals surface area contributed by atoms with Crippen LogP contribution in [0.4, 0.5) is 11.5 Å². The van der Waals surface area contributed by atoms with Crippen LogP contribution >= 0.6 is 0 Å². The highest BCUT2D eigenvalue weighted by atomic mass is 15.1. The third kappa shape index (κ3) is 1.17. The van der Waals surface area contributed by atoms with E-state index in [4.69, 9.17) is 0 Å². The van der Waals surface area contributed by atoms with E-state index in [0.717, 1.165) is 16.9 Å². The molecule has 85 valence electrons. The molecule has 6 heteroatoms. The lowest BCUT2D eigenvalue weighted by Gasteiger charge is -2.06. The molecule has 0 spiro atoms. The Balaban J connectivity index is 2.04. The normalized spacial score (nSPS) is 12.7. The first-order valence-corrected chi connectivity index (χ1v) is 5.44. The summed E-state index contributed by atoms with van der Waals surface area (Å²) in [4.78, 5) is 16.9. The molecule has 0 unspecified atom stereocenters. The number of imidazole rings is 1. The van der Waals surface area contributed by atoms with E-state index in [2.05, 4.69) is 25.3 Å². The Morgan fingerprint density at radius 2 is 2.00 bits per heavy atom. The quantitative estimate of drug-likeness (QED) is 0.644. The van der Waals surface area contributed by atoms with Gasteiger partial charge in [-0.3, -0.25) is 4.57 Å². The van der Waals surface area contributed by atoms with E-state index in [1.807, 2.05) is 22.8 Å². The smallest absolute Gasteiger partial charge is 0.181 e. The van der Waals surface area contributed by atoms with Crippen molar-refractivity contribution in [3.63, 3.8) is 0 Å². The minimum absolute atomic E-state index is 0.637. The Kier molecular flexibility index (Phi) is 1.74. The summed E-state index contributed by atoms with van der Waals surface area (Å²) in [5, 5.41) is 4.10. The van der Waals surface area contributed by atoms with Gasteiger partial charge in [0, 0.05) is 12.4 Å². The molecule has 0 amide bonds. The number of hydrogen-bond acceptors (Lipinski definition) is 4. The first kappa shape index (κ1) is 9.29. The van der Waals surface area contributed by atoms with Gasteiger partial charge in [0.2, 0.25) is 0 Å². The van der Waals surface area contributed by atoms with Gasteiger partial charge in [0.15, 0.2) is 11.5 Å². The lowest BCUT2D eigenvalue weighted by atomic mass is 10.3. The fraction of sp³-hybridized carbons (Fsp3) is 0. The van der Waals surface area contributed by atoms with Crippen LogP contribution in [0, 0.1) is 0 Å². The van der Waals surface area contributed by atoms with Crippen molar-refractivity contribution in [1.82, 2.24) is 24.8 Å². The van der Waals surface area contributed by atoms with Crippen molar-refractivity contribution in [1.29, 1.82) is 0 Å². The van der Waals surface area contributed by atoms with Crippen LogP contribution in [0.2, 0.25) is 0 Å². The lowest BCUT2D eigenvalue weighted by molar-refractivity contribution is 1.07. The van der Waals surface area contributed by atoms with Gasteiger partial charge in [-0.05, 0) is 18.2 Å². The Hall–Kier alpha value is -2.76. The van der Waals surface area contributed by atoms with Crippen LogP contribution in [-0.2, 0) is 0 Å². The number of pyridine rings is 2. The largest absolute Gasteiger partial charge is 0.295 e. The van der Waals surface area contributed by atoms with Gasteiger partial charge in [0.05, 0.1) is 11.2 Å². The summed E-state index contributed by atoms with van der Waals surface area (Å²) in [7, 11) is 0. The van der Waals surface area contributed by atoms with Crippen molar-refractivity contribution < 1.29 is 0 Å². The van der Waals surface area contributed by atoms with Gasteiger partial charge in [-0.1, -0.05) is 0 Å². The van der Waals surface area contributed by atoms with E-state index in [0.29, 0.717) is 11.5 Å². The van der Waals surface area contributed by atoms with Gasteiger partial charge in [0.1, 0.15) is 18.4 Å². The van der Waals surface area contributed by atoms with Crippen LogP contribution < -0.4 is 5.32 Å². The van der Waals surface area contributed by atoms with Crippen molar-refractivity contribution in [2.45, 2.75) is 0 Å². The van der Waals surface area contributed by atoms with Gasteiger partial charge in [-0.25, -0.2) is 25.3 Å². The van der Waals surface area contributed by atoms with Gasteiger partial charge in [0.25, 0.3) is 0 Å². The Morgan fingerprint density at radius 3 is 3.00 bits per heavy atom. The summed E-state index contributed by atoms with van der Waals surface area (Å²) >= 11 is 0. The fourth-order valence-electron chi connectivity index (χ4n) is 2.03. The van der Waals surface area contributed by atoms with Crippen molar-refractivity contribution in [3.05, 3.63) is 36.9 Å². The molecule has 6 nitrogen and oxygen atoms in total. The molecule has 4 rings (SSSR count). The van der Waals surface area contributed by atoms with Crippen LogP contribution in [0.25, 0.3) is 16.9 Å². The van der Waals surface area contributed by atoms with Gasteiger partial charge >= 0.3 is 0 Å². The second-order valence-corrected chi connectivity index (χ2v) is 3.84. The standard InChI is InChI=1S/C12H7N6/c1-2-9-11(13-4-1)17-7-18(9)8-3-5-14-12-10(8)15-6-16-12/h1-7H. The third-order valence-corrected chi connectivity index (χ3v) is 2.83. The Bertz CT molecular complexity index is 773. The minimum atomic E-state index is 0.637. The highest BCUT2D eigenvalue weighted by Crippen LogP contribution is 2.33. The van der Waals surface area contributed by atoms with Crippen LogP contribution in [0.1, 0.15) is 0 Å². The van der Waals surface area contributed by atoms with Crippen LogP contribution in [0.3, 0.4) is 0 Å². The average Bonchev–Trinajstić information content (AvgIpc) is 3.05. The summed E-state index contributed by atoms with van der Waals surface area (Å²) in [6.45, 7) is 0. The number of hydrogen-bond donors (Lipinski definition) is 0. The summed E-state index contributed by atoms with van der Waals surface area (Å²) in [5.41, 5.74) is 3.32. The number of fused-ring (bicyclic) bond motifs is 2. The molecule has 0 aromatic carbocycles. The maximum atomic E-state index is 4.27. The van der Waals surface area contributed by atoms with E-state index in [1.165, 1.54) is 6.34 Å². The van der Waals surface area contributed by atoms with Gasteiger partial charge < -0.3 is 0 Å². The molecule has 0 saturated carbocycles. The highest BCUT2D eigenvalue weighted by Gasteiger charge is 2.16. The number of aliphatic imine (C=N–C) groups is 1. The first-order valence-electron chi connectivity index (χ1n) is 5.44. The predicted octanol–water partition coefficient (Wildman–Crippen LogP) is 1.72. The predicted molar refractivity (Wildman–Crippen MR) is 66.6 cm³/mol. The number of rotatable bonds is 1. The molecule has 0 atom stereocenters. The summed E-state index contributed by atoms with van der Waals surface area (Å²) < 4.78 is 1.95. The van der Waals surface area contributed by atoms with Gasteiger partial charge in [-0.15, -0.1) is 0 Å². The molecule has 18 heavy (non-hydrogen) atoms. The average molecular weight is 235 g/mol. The first-order chi connectivity index (χ1) is 8.93. The Labute approximate surface area is 102 Å². The fourth-order valence-corrected chi connectivity index (χ4v) is 2.03. The van der Waals surface area contributed by atoms with Crippen molar-refractivity contribution in [2.24, 2.45) is 4.99 Å². The highest BCUT2D eigenvalue weighted by molar-refractivity contribution is 5.86. The molecule has 1 aliphatic rings. The molecule has 0 bridgehead atoms. The molecular formula is C12H7N6. The topological polar surface area (TPSA) is 70.1 Å².